The first-order valence-electron chi connectivity index (χ1n) is 6.31. The molecule has 0 heterocycles. The molecule has 1 amide bonds. The Hall–Kier alpha value is -1.30. The van der Waals surface area contributed by atoms with Crippen LogP contribution in [-0.4, -0.2) is 30.7 Å². The summed E-state index contributed by atoms with van der Waals surface area (Å²) < 4.78 is 5.17. The Morgan fingerprint density at radius 1 is 1.40 bits per heavy atom. The smallest absolute Gasteiger partial charge is 0.224 e. The number of amides is 1. The molecule has 0 aromatic heterocycles. The van der Waals surface area contributed by atoms with Gasteiger partial charge in [0.05, 0.1) is 13.2 Å². The molecule has 0 aliphatic rings. The Labute approximate surface area is 125 Å². The van der Waals surface area contributed by atoms with E-state index in [0.29, 0.717) is 11.3 Å². The van der Waals surface area contributed by atoms with Crippen LogP contribution in [0.5, 0.6) is 5.75 Å². The molecular formula is C14H23ClN2O3. The fourth-order valence-corrected chi connectivity index (χ4v) is 1.65. The predicted octanol–water partition coefficient (Wildman–Crippen LogP) is 1.25. The molecule has 0 spiro atoms. The van der Waals surface area contributed by atoms with Crippen LogP contribution in [0.2, 0.25) is 0 Å². The summed E-state index contributed by atoms with van der Waals surface area (Å²) in [7, 11) is 1.54. The van der Waals surface area contributed by atoms with E-state index >= 15 is 0 Å². The average Bonchev–Trinajstić information content (AvgIpc) is 2.43. The number of methoxy groups -OCH3 is 1. The van der Waals surface area contributed by atoms with Crippen molar-refractivity contribution in [2.24, 2.45) is 11.7 Å². The number of aliphatic hydroxyl groups is 1. The first-order valence-corrected chi connectivity index (χ1v) is 6.31. The Morgan fingerprint density at radius 2 is 2.00 bits per heavy atom. The van der Waals surface area contributed by atoms with E-state index in [0.717, 1.165) is 0 Å². The maximum atomic E-state index is 11.7. The van der Waals surface area contributed by atoms with Gasteiger partial charge in [0, 0.05) is 24.1 Å². The van der Waals surface area contributed by atoms with Crippen molar-refractivity contribution in [2.45, 2.75) is 26.0 Å². The molecule has 0 aliphatic heterocycles. The molecule has 20 heavy (non-hydrogen) atoms. The number of carbonyl (C=O) groups is 1. The minimum atomic E-state index is -0.805. The van der Waals surface area contributed by atoms with Gasteiger partial charge in [-0.25, -0.2) is 0 Å². The highest BCUT2D eigenvalue weighted by atomic mass is 35.5. The van der Waals surface area contributed by atoms with Gasteiger partial charge in [-0.1, -0.05) is 25.1 Å². The van der Waals surface area contributed by atoms with Gasteiger partial charge in [-0.3, -0.25) is 4.79 Å². The van der Waals surface area contributed by atoms with Gasteiger partial charge in [-0.05, 0) is 13.0 Å². The van der Waals surface area contributed by atoms with Gasteiger partial charge in [0.25, 0.3) is 0 Å². The summed E-state index contributed by atoms with van der Waals surface area (Å²) in [6.07, 6.45) is -0.805. The molecule has 1 aromatic rings. The standard InChI is InChI=1S/C14H22N2O3.ClH/c1-9(10(2)15)14(18)16-8-12(17)11-6-4-5-7-13(11)19-3;/h4-7,9-10,12,17H,8,15H2,1-3H3,(H,16,18);1H. The molecule has 6 heteroatoms. The second-order valence-electron chi connectivity index (χ2n) is 4.65. The lowest BCUT2D eigenvalue weighted by molar-refractivity contribution is -0.125. The largest absolute Gasteiger partial charge is 0.496 e. The molecule has 0 aliphatic carbocycles. The summed E-state index contributed by atoms with van der Waals surface area (Å²) in [5, 5.41) is 12.8. The van der Waals surface area contributed by atoms with E-state index in [1.165, 1.54) is 0 Å². The molecule has 1 aromatic carbocycles. The van der Waals surface area contributed by atoms with Gasteiger partial charge in [-0.2, -0.15) is 0 Å². The minimum Gasteiger partial charge on any atom is -0.496 e. The second-order valence-corrected chi connectivity index (χ2v) is 4.65. The highest BCUT2D eigenvalue weighted by molar-refractivity contribution is 5.85. The van der Waals surface area contributed by atoms with Crippen molar-refractivity contribution in [2.75, 3.05) is 13.7 Å². The molecule has 3 atom stereocenters. The van der Waals surface area contributed by atoms with Gasteiger partial charge >= 0.3 is 0 Å². The van der Waals surface area contributed by atoms with Crippen LogP contribution in [-0.2, 0) is 4.79 Å². The molecule has 0 bridgehead atoms. The van der Waals surface area contributed by atoms with E-state index in [2.05, 4.69) is 5.32 Å². The van der Waals surface area contributed by atoms with Gasteiger partial charge < -0.3 is 20.9 Å². The summed E-state index contributed by atoms with van der Waals surface area (Å²) in [5.41, 5.74) is 6.31. The lowest BCUT2D eigenvalue weighted by atomic mass is 10.0. The third-order valence-corrected chi connectivity index (χ3v) is 3.17. The normalized spacial score (nSPS) is 14.7. The minimum absolute atomic E-state index is 0. The number of nitrogens with one attached hydrogen (secondary N) is 1. The van der Waals surface area contributed by atoms with Crippen LogP contribution in [0.15, 0.2) is 24.3 Å². The Kier molecular flexibility index (Phi) is 8.22. The van der Waals surface area contributed by atoms with Gasteiger partial charge in [0.15, 0.2) is 0 Å². The van der Waals surface area contributed by atoms with E-state index in [-0.39, 0.29) is 36.8 Å². The predicted molar refractivity (Wildman–Crippen MR) is 81.0 cm³/mol. The van der Waals surface area contributed by atoms with Crippen LogP contribution in [0.1, 0.15) is 25.5 Å². The van der Waals surface area contributed by atoms with Crippen molar-refractivity contribution in [3.05, 3.63) is 29.8 Å². The molecule has 5 nitrogen and oxygen atoms in total. The molecular weight excluding hydrogens is 280 g/mol. The molecule has 0 saturated carbocycles. The highest BCUT2D eigenvalue weighted by Gasteiger charge is 2.19. The third kappa shape index (κ3) is 5.00. The number of para-hydroxylation sites is 1. The van der Waals surface area contributed by atoms with Gasteiger partial charge in [-0.15, -0.1) is 12.4 Å². The monoisotopic (exact) mass is 302 g/mol. The van der Waals surface area contributed by atoms with Crippen LogP contribution in [0, 0.1) is 5.92 Å². The molecule has 3 unspecified atom stereocenters. The molecule has 114 valence electrons. The van der Waals surface area contributed by atoms with E-state index in [1.54, 1.807) is 33.1 Å². The van der Waals surface area contributed by atoms with Crippen molar-refractivity contribution in [3.8, 4) is 5.75 Å². The van der Waals surface area contributed by atoms with Gasteiger partial charge in [0.1, 0.15) is 5.75 Å². The van der Waals surface area contributed by atoms with Crippen molar-refractivity contribution in [3.63, 3.8) is 0 Å². The number of aliphatic hydroxyl groups excluding tert-OH is 1. The number of rotatable bonds is 6. The van der Waals surface area contributed by atoms with E-state index < -0.39 is 6.10 Å². The summed E-state index contributed by atoms with van der Waals surface area (Å²) >= 11 is 0. The van der Waals surface area contributed by atoms with Crippen LogP contribution >= 0.6 is 12.4 Å². The summed E-state index contributed by atoms with van der Waals surface area (Å²) in [6, 6.07) is 6.96. The number of hydrogen-bond donors (Lipinski definition) is 3. The fourth-order valence-electron chi connectivity index (χ4n) is 1.65. The summed E-state index contributed by atoms with van der Waals surface area (Å²) in [5.74, 6) is 0.151. The Morgan fingerprint density at radius 3 is 2.55 bits per heavy atom. The lowest BCUT2D eigenvalue weighted by Crippen LogP contribution is -2.40. The fraction of sp³-hybridized carbons (Fsp3) is 0.500. The zero-order valence-electron chi connectivity index (χ0n) is 12.0. The number of nitrogens with two attached hydrogens (primary N) is 1. The van der Waals surface area contributed by atoms with Crippen LogP contribution in [0.3, 0.4) is 0 Å². The molecule has 0 radical (unpaired) electrons. The number of carbonyl (C=O) groups excluding carboxylic acids is 1. The molecule has 4 N–H and O–H groups in total. The SMILES string of the molecule is COc1ccccc1C(O)CNC(=O)C(C)C(C)N.Cl. The topological polar surface area (TPSA) is 84.6 Å². The molecule has 1 rings (SSSR count). The first kappa shape index (κ1) is 18.7. The second kappa shape index (κ2) is 8.79. The third-order valence-electron chi connectivity index (χ3n) is 3.17. The van der Waals surface area contributed by atoms with Crippen molar-refractivity contribution < 1.29 is 14.6 Å². The summed E-state index contributed by atoms with van der Waals surface area (Å²) in [6.45, 7) is 3.67. The van der Waals surface area contributed by atoms with Crippen molar-refractivity contribution in [1.29, 1.82) is 0 Å². The van der Waals surface area contributed by atoms with E-state index in [4.69, 9.17) is 10.5 Å². The number of benzene rings is 1. The van der Waals surface area contributed by atoms with Crippen LogP contribution < -0.4 is 15.8 Å². The molecule has 0 saturated heterocycles. The summed E-state index contributed by atoms with van der Waals surface area (Å²) in [4.78, 5) is 11.7. The number of halogens is 1. The van der Waals surface area contributed by atoms with Gasteiger partial charge in [0.2, 0.25) is 5.91 Å². The maximum Gasteiger partial charge on any atom is 0.224 e. The zero-order chi connectivity index (χ0) is 14.4. The van der Waals surface area contributed by atoms with Crippen LogP contribution in [0.4, 0.5) is 0 Å². The maximum absolute atomic E-state index is 11.7. The van der Waals surface area contributed by atoms with E-state index in [1.807, 2.05) is 12.1 Å². The first-order chi connectivity index (χ1) is 8.97. The molecule has 0 fully saturated rings. The Balaban J connectivity index is 0.00000361. The zero-order valence-corrected chi connectivity index (χ0v) is 12.8. The quantitative estimate of drug-likeness (QED) is 0.738. The number of ether oxygens (including phenoxy) is 1. The average molecular weight is 303 g/mol. The number of hydrogen-bond acceptors (Lipinski definition) is 4. The van der Waals surface area contributed by atoms with Crippen LogP contribution in [0.25, 0.3) is 0 Å². The van der Waals surface area contributed by atoms with Crippen molar-refractivity contribution >= 4 is 18.3 Å². The Bertz CT molecular complexity index is 427. The van der Waals surface area contributed by atoms with E-state index in [9.17, 15) is 9.90 Å². The van der Waals surface area contributed by atoms with Crippen molar-refractivity contribution in [1.82, 2.24) is 5.32 Å². The highest BCUT2D eigenvalue weighted by Crippen LogP contribution is 2.24. The lowest BCUT2D eigenvalue weighted by Gasteiger charge is -2.18.